The van der Waals surface area contributed by atoms with Gasteiger partial charge in [-0.05, 0) is 39.2 Å². The van der Waals surface area contributed by atoms with Crippen molar-refractivity contribution in [3.05, 3.63) is 21.8 Å². The van der Waals surface area contributed by atoms with Gasteiger partial charge in [0.1, 0.15) is 0 Å². The standard InChI is InChI=1S/C13H23FINSi/c1-9(2)17(10(3)4,11(5)6)16-7-12(14)13(15)8-16/h7-11H,1-6H3. The third-order valence-corrected chi connectivity index (χ3v) is 11.5. The molecular formula is C13H23FINSi. The molecule has 0 radical (unpaired) electrons. The van der Waals surface area contributed by atoms with Gasteiger partial charge in [-0.1, -0.05) is 41.5 Å². The lowest BCUT2D eigenvalue weighted by Crippen LogP contribution is -2.51. The van der Waals surface area contributed by atoms with E-state index in [1.165, 1.54) is 0 Å². The highest BCUT2D eigenvalue weighted by Gasteiger charge is 2.45. The van der Waals surface area contributed by atoms with E-state index in [1.54, 1.807) is 6.20 Å². The number of aromatic nitrogens is 1. The molecule has 98 valence electrons. The number of hydrogen-bond donors (Lipinski definition) is 0. The average molecular weight is 367 g/mol. The third kappa shape index (κ3) is 2.48. The normalized spacial score (nSPS) is 13.1. The molecule has 0 saturated carbocycles. The van der Waals surface area contributed by atoms with Crippen molar-refractivity contribution < 1.29 is 4.39 Å². The second kappa shape index (κ2) is 5.43. The Morgan fingerprint density at radius 1 is 1.00 bits per heavy atom. The molecule has 0 unspecified atom stereocenters. The molecule has 1 aromatic heterocycles. The number of rotatable bonds is 4. The first kappa shape index (κ1) is 15.2. The fraction of sp³-hybridized carbons (Fsp3) is 0.692. The molecule has 0 bridgehead atoms. The van der Waals surface area contributed by atoms with Gasteiger partial charge in [0.15, 0.2) is 14.1 Å². The third-order valence-electron chi connectivity index (χ3n) is 3.95. The fourth-order valence-electron chi connectivity index (χ4n) is 3.52. The van der Waals surface area contributed by atoms with Gasteiger partial charge in [0.05, 0.1) is 3.57 Å². The molecular weight excluding hydrogens is 344 g/mol. The summed E-state index contributed by atoms with van der Waals surface area (Å²) in [4.78, 5) is 0. The summed E-state index contributed by atoms with van der Waals surface area (Å²) in [6.45, 7) is 13.7. The van der Waals surface area contributed by atoms with Crippen LogP contribution in [-0.2, 0) is 0 Å². The van der Waals surface area contributed by atoms with E-state index >= 15 is 0 Å². The summed E-state index contributed by atoms with van der Waals surface area (Å²) in [6, 6.07) is 0. The van der Waals surface area contributed by atoms with E-state index in [1.807, 2.05) is 6.20 Å². The zero-order valence-electron chi connectivity index (χ0n) is 11.6. The molecule has 0 aromatic carbocycles. The van der Waals surface area contributed by atoms with Gasteiger partial charge in [0.25, 0.3) is 0 Å². The number of halogens is 2. The Balaban J connectivity index is 3.41. The van der Waals surface area contributed by atoms with Gasteiger partial charge in [-0.25, -0.2) is 4.39 Å². The van der Waals surface area contributed by atoms with Crippen molar-refractivity contribution in [2.24, 2.45) is 0 Å². The first-order chi connectivity index (χ1) is 7.74. The lowest BCUT2D eigenvalue weighted by Gasteiger charge is -2.44. The van der Waals surface area contributed by atoms with Gasteiger partial charge in [-0.3, -0.25) is 0 Å². The van der Waals surface area contributed by atoms with Gasteiger partial charge >= 0.3 is 0 Å². The summed E-state index contributed by atoms with van der Waals surface area (Å²) in [5.74, 6) is -0.0792. The van der Waals surface area contributed by atoms with Crippen molar-refractivity contribution in [1.29, 1.82) is 0 Å². The molecule has 4 heteroatoms. The summed E-state index contributed by atoms with van der Waals surface area (Å²) in [6.07, 6.45) is 3.72. The largest absolute Gasteiger partial charge is 0.376 e. The van der Waals surface area contributed by atoms with Gasteiger partial charge < -0.3 is 4.23 Å². The first-order valence-corrected chi connectivity index (χ1v) is 9.53. The van der Waals surface area contributed by atoms with Crippen molar-refractivity contribution in [2.75, 3.05) is 0 Å². The molecule has 1 nitrogen and oxygen atoms in total. The minimum atomic E-state index is -1.74. The summed E-state index contributed by atoms with van der Waals surface area (Å²) in [5, 5.41) is 0. The maximum atomic E-state index is 13.7. The van der Waals surface area contributed by atoms with E-state index in [9.17, 15) is 4.39 Å². The molecule has 1 rings (SSSR count). The van der Waals surface area contributed by atoms with E-state index in [4.69, 9.17) is 0 Å². The summed E-state index contributed by atoms with van der Waals surface area (Å²) in [5.41, 5.74) is 1.81. The molecule has 0 N–H and O–H groups in total. The molecule has 1 aromatic rings. The Morgan fingerprint density at radius 3 is 1.65 bits per heavy atom. The monoisotopic (exact) mass is 367 g/mol. The number of hydrogen-bond acceptors (Lipinski definition) is 0. The molecule has 0 aliphatic carbocycles. The quantitative estimate of drug-likeness (QED) is 0.506. The van der Waals surface area contributed by atoms with Crippen LogP contribution in [0.4, 0.5) is 4.39 Å². The van der Waals surface area contributed by atoms with Crippen LogP contribution < -0.4 is 0 Å². The molecule has 0 spiro atoms. The molecule has 0 aliphatic heterocycles. The first-order valence-electron chi connectivity index (χ1n) is 6.28. The Bertz CT molecular complexity index is 343. The van der Waals surface area contributed by atoms with Gasteiger partial charge in [-0.2, -0.15) is 0 Å². The predicted octanol–water partition coefficient (Wildman–Crippen LogP) is 5.26. The molecule has 0 saturated heterocycles. The Morgan fingerprint density at radius 2 is 1.41 bits per heavy atom. The van der Waals surface area contributed by atoms with Gasteiger partial charge in [-0.15, -0.1) is 0 Å². The smallest absolute Gasteiger partial charge is 0.168 e. The lowest BCUT2D eigenvalue weighted by molar-refractivity contribution is 0.620. The Labute approximate surface area is 119 Å². The van der Waals surface area contributed by atoms with Gasteiger partial charge in [0.2, 0.25) is 0 Å². The van der Waals surface area contributed by atoms with Crippen molar-refractivity contribution in [3.8, 4) is 0 Å². The van der Waals surface area contributed by atoms with Crippen molar-refractivity contribution in [1.82, 2.24) is 4.23 Å². The maximum Gasteiger partial charge on any atom is 0.168 e. The van der Waals surface area contributed by atoms with E-state index in [2.05, 4.69) is 68.4 Å². The number of nitrogens with zero attached hydrogens (tertiary/aromatic N) is 1. The van der Waals surface area contributed by atoms with E-state index in [0.717, 1.165) is 3.57 Å². The lowest BCUT2D eigenvalue weighted by atomic mass is 10.5. The summed E-state index contributed by atoms with van der Waals surface area (Å²) < 4.78 is 16.6. The Kier molecular flexibility index (Phi) is 4.86. The SMILES string of the molecule is CC(C)[Si](C(C)C)(C(C)C)n1cc(F)c(I)c1. The second-order valence-corrected chi connectivity index (χ2v) is 12.6. The van der Waals surface area contributed by atoms with Crippen LogP contribution >= 0.6 is 22.6 Å². The molecule has 17 heavy (non-hydrogen) atoms. The zero-order chi connectivity index (χ0) is 13.4. The van der Waals surface area contributed by atoms with Crippen LogP contribution in [0.5, 0.6) is 0 Å². The average Bonchev–Trinajstić information content (AvgIpc) is 2.45. The van der Waals surface area contributed by atoms with E-state index in [0.29, 0.717) is 16.6 Å². The van der Waals surface area contributed by atoms with E-state index < -0.39 is 8.24 Å². The van der Waals surface area contributed by atoms with Crippen LogP contribution in [0.25, 0.3) is 0 Å². The Hall–Kier alpha value is 0.157. The zero-order valence-corrected chi connectivity index (χ0v) is 14.7. The minimum absolute atomic E-state index is 0.0792. The van der Waals surface area contributed by atoms with Crippen LogP contribution in [-0.4, -0.2) is 12.5 Å². The highest BCUT2D eigenvalue weighted by atomic mass is 127. The molecule has 0 amide bonds. The molecule has 0 fully saturated rings. The van der Waals surface area contributed by atoms with Crippen molar-refractivity contribution in [3.63, 3.8) is 0 Å². The summed E-state index contributed by atoms with van der Waals surface area (Å²) in [7, 11) is -1.74. The molecule has 0 aliphatic rings. The van der Waals surface area contributed by atoms with Crippen molar-refractivity contribution in [2.45, 2.75) is 58.2 Å². The van der Waals surface area contributed by atoms with E-state index in [-0.39, 0.29) is 5.82 Å². The molecule has 1 heterocycles. The van der Waals surface area contributed by atoms with Crippen LogP contribution in [0, 0.1) is 9.39 Å². The molecule has 0 atom stereocenters. The minimum Gasteiger partial charge on any atom is -0.376 e. The summed E-state index contributed by atoms with van der Waals surface area (Å²) >= 11 is 2.08. The highest BCUT2D eigenvalue weighted by Crippen LogP contribution is 2.42. The second-order valence-electron chi connectivity index (χ2n) is 5.71. The van der Waals surface area contributed by atoms with Crippen LogP contribution in [0.15, 0.2) is 12.4 Å². The topological polar surface area (TPSA) is 4.93 Å². The fourth-order valence-corrected chi connectivity index (χ4v) is 10.7. The maximum absolute atomic E-state index is 13.7. The van der Waals surface area contributed by atoms with Crippen LogP contribution in [0.1, 0.15) is 41.5 Å². The van der Waals surface area contributed by atoms with Crippen LogP contribution in [0.3, 0.4) is 0 Å². The highest BCUT2D eigenvalue weighted by molar-refractivity contribution is 14.1. The van der Waals surface area contributed by atoms with Crippen molar-refractivity contribution >= 4 is 30.8 Å². The predicted molar refractivity (Wildman–Crippen MR) is 83.6 cm³/mol. The van der Waals surface area contributed by atoms with Gasteiger partial charge in [0, 0.05) is 12.4 Å². The van der Waals surface area contributed by atoms with Crippen LogP contribution in [0.2, 0.25) is 16.6 Å².